The monoisotopic (exact) mass is 569 g/mol. The summed E-state index contributed by atoms with van der Waals surface area (Å²) in [5.74, 6) is 0.850. The number of rotatable bonds is 2. The molecule has 45 heavy (non-hydrogen) atoms. The van der Waals surface area contributed by atoms with Crippen LogP contribution >= 0.6 is 0 Å². The highest BCUT2D eigenvalue weighted by Gasteiger charge is 2.25. The van der Waals surface area contributed by atoms with Gasteiger partial charge in [0.25, 0.3) is 0 Å². The summed E-state index contributed by atoms with van der Waals surface area (Å²) in [5, 5.41) is 15.3. The first-order chi connectivity index (χ1) is 22.3. The lowest BCUT2D eigenvalue weighted by molar-refractivity contribution is 1.08. The van der Waals surface area contributed by atoms with Crippen molar-refractivity contribution in [2.75, 3.05) is 0 Å². The first-order valence-corrected chi connectivity index (χ1v) is 15.4. The highest BCUT2D eigenvalue weighted by Crippen LogP contribution is 2.49. The molecule has 0 unspecified atom stereocenters. The molecule has 9 aromatic carbocycles. The van der Waals surface area contributed by atoms with Gasteiger partial charge in [-0.1, -0.05) is 121 Å². The second kappa shape index (κ2) is 8.31. The molecule has 0 spiro atoms. The zero-order chi connectivity index (χ0) is 29.2. The SMILES string of the molecule is c1ccc(-c2nc3c(ccc4ccccc43)nc2-n2c3cccc4c5cccc6c7ccccc7c7ccc2c(c7c65)c43)cc1. The molecule has 11 aromatic rings. The molecule has 0 fully saturated rings. The van der Waals surface area contributed by atoms with Crippen LogP contribution < -0.4 is 0 Å². The number of fused-ring (bicyclic) bond motifs is 7. The van der Waals surface area contributed by atoms with Gasteiger partial charge in [0, 0.05) is 27.1 Å². The largest absolute Gasteiger partial charge is 0.292 e. The van der Waals surface area contributed by atoms with Gasteiger partial charge in [0.2, 0.25) is 0 Å². The second-order valence-corrected chi connectivity index (χ2v) is 12.1. The van der Waals surface area contributed by atoms with Gasteiger partial charge in [0.05, 0.1) is 22.1 Å². The first-order valence-electron chi connectivity index (χ1n) is 15.4. The van der Waals surface area contributed by atoms with Crippen molar-refractivity contribution in [2.45, 2.75) is 0 Å². The molecule has 0 aliphatic rings. The van der Waals surface area contributed by atoms with E-state index in [1.165, 1.54) is 59.2 Å². The summed E-state index contributed by atoms with van der Waals surface area (Å²) < 4.78 is 2.37. The van der Waals surface area contributed by atoms with Crippen molar-refractivity contribution in [3.63, 3.8) is 0 Å². The number of hydrogen-bond donors (Lipinski definition) is 0. The van der Waals surface area contributed by atoms with E-state index in [1.807, 2.05) is 0 Å². The van der Waals surface area contributed by atoms with Crippen LogP contribution in [0.5, 0.6) is 0 Å². The Morgan fingerprint density at radius 2 is 1.00 bits per heavy atom. The Morgan fingerprint density at radius 3 is 1.82 bits per heavy atom. The second-order valence-electron chi connectivity index (χ2n) is 12.1. The average Bonchev–Trinajstić information content (AvgIpc) is 3.45. The summed E-state index contributed by atoms with van der Waals surface area (Å²) in [5.41, 5.74) is 6.05. The van der Waals surface area contributed by atoms with Crippen molar-refractivity contribution in [2.24, 2.45) is 0 Å². The summed E-state index contributed by atoms with van der Waals surface area (Å²) in [4.78, 5) is 10.9. The van der Waals surface area contributed by atoms with Crippen LogP contribution in [0.3, 0.4) is 0 Å². The standard InChI is InChI=1S/C42H23N3/c1-2-11-25(12-3-1)40-42(43-33-22-20-24-10-4-5-13-26(24)41(33)44-40)45-34-19-9-18-31-30-17-8-16-29-27-14-6-7-15-28(27)32-21-23-35(45)39(37(31)34)38(32)36(29)30/h1-23H. The number of nitrogens with zero attached hydrogens (tertiary/aromatic N) is 3. The summed E-state index contributed by atoms with van der Waals surface area (Å²) in [7, 11) is 0. The van der Waals surface area contributed by atoms with E-state index in [1.54, 1.807) is 0 Å². The van der Waals surface area contributed by atoms with Crippen LogP contribution in [0, 0.1) is 0 Å². The Balaban J connectivity index is 1.38. The van der Waals surface area contributed by atoms with Gasteiger partial charge < -0.3 is 0 Å². The van der Waals surface area contributed by atoms with Gasteiger partial charge in [-0.3, -0.25) is 4.57 Å². The van der Waals surface area contributed by atoms with Gasteiger partial charge in [-0.2, -0.15) is 0 Å². The van der Waals surface area contributed by atoms with Crippen molar-refractivity contribution in [1.82, 2.24) is 14.5 Å². The minimum absolute atomic E-state index is 0.850. The zero-order valence-electron chi connectivity index (χ0n) is 24.1. The van der Waals surface area contributed by atoms with Crippen molar-refractivity contribution in [3.05, 3.63) is 140 Å². The van der Waals surface area contributed by atoms with Gasteiger partial charge in [0.15, 0.2) is 5.82 Å². The quantitative estimate of drug-likeness (QED) is 0.153. The lowest BCUT2D eigenvalue weighted by Gasteiger charge is -2.16. The molecule has 0 atom stereocenters. The highest BCUT2D eigenvalue weighted by molar-refractivity contribution is 6.44. The van der Waals surface area contributed by atoms with E-state index in [4.69, 9.17) is 9.97 Å². The van der Waals surface area contributed by atoms with Gasteiger partial charge in [-0.05, 0) is 61.3 Å². The molecule has 2 aromatic heterocycles. The third-order valence-electron chi connectivity index (χ3n) is 9.87. The van der Waals surface area contributed by atoms with Crippen LogP contribution in [0.1, 0.15) is 0 Å². The molecule has 0 N–H and O–H groups in total. The molecule has 0 radical (unpaired) electrons. The van der Waals surface area contributed by atoms with E-state index in [-0.39, 0.29) is 0 Å². The van der Waals surface area contributed by atoms with E-state index in [2.05, 4.69) is 144 Å². The predicted octanol–water partition coefficient (Wildman–Crippen LogP) is 11.0. The minimum Gasteiger partial charge on any atom is -0.292 e. The Kier molecular flexibility index (Phi) is 4.32. The Bertz CT molecular complexity index is 2970. The topological polar surface area (TPSA) is 30.7 Å². The lowest BCUT2D eigenvalue weighted by atomic mass is 9.86. The molecule has 2 heterocycles. The highest BCUT2D eigenvalue weighted by atomic mass is 15.1. The van der Waals surface area contributed by atoms with E-state index in [0.717, 1.165) is 44.5 Å². The molecule has 0 saturated heterocycles. The molecule has 11 rings (SSSR count). The van der Waals surface area contributed by atoms with Gasteiger partial charge in [-0.25, -0.2) is 9.97 Å². The predicted molar refractivity (Wildman–Crippen MR) is 189 cm³/mol. The van der Waals surface area contributed by atoms with Gasteiger partial charge in [0.1, 0.15) is 5.69 Å². The van der Waals surface area contributed by atoms with Crippen LogP contribution in [0.4, 0.5) is 0 Å². The zero-order valence-corrected chi connectivity index (χ0v) is 24.1. The summed E-state index contributed by atoms with van der Waals surface area (Å²) in [6.45, 7) is 0. The molecule has 0 aliphatic carbocycles. The molecule has 0 aliphatic heterocycles. The molecule has 206 valence electrons. The third kappa shape index (κ3) is 2.90. The van der Waals surface area contributed by atoms with Crippen LogP contribution in [0.2, 0.25) is 0 Å². The molecule has 0 amide bonds. The van der Waals surface area contributed by atoms with E-state index in [0.29, 0.717) is 0 Å². The summed E-state index contributed by atoms with van der Waals surface area (Å²) >= 11 is 0. The maximum atomic E-state index is 5.46. The van der Waals surface area contributed by atoms with Crippen LogP contribution in [0.25, 0.3) is 104 Å². The number of hydrogen-bond acceptors (Lipinski definition) is 2. The smallest absolute Gasteiger partial charge is 0.165 e. The van der Waals surface area contributed by atoms with Crippen molar-refractivity contribution >= 4 is 86.7 Å². The Hall–Kier alpha value is -6.06. The maximum absolute atomic E-state index is 5.46. The van der Waals surface area contributed by atoms with E-state index >= 15 is 0 Å². The Morgan fingerprint density at radius 1 is 0.378 bits per heavy atom. The van der Waals surface area contributed by atoms with Crippen LogP contribution in [-0.4, -0.2) is 14.5 Å². The fourth-order valence-electron chi connectivity index (χ4n) is 8.04. The van der Waals surface area contributed by atoms with Crippen LogP contribution in [-0.2, 0) is 0 Å². The summed E-state index contributed by atoms with van der Waals surface area (Å²) in [6, 6.07) is 50.2. The Labute approximate surface area is 257 Å². The van der Waals surface area contributed by atoms with Crippen LogP contribution in [0.15, 0.2) is 140 Å². The van der Waals surface area contributed by atoms with Crippen molar-refractivity contribution < 1.29 is 0 Å². The lowest BCUT2D eigenvalue weighted by Crippen LogP contribution is -2.04. The molecule has 3 nitrogen and oxygen atoms in total. The van der Waals surface area contributed by atoms with Crippen molar-refractivity contribution in [1.29, 1.82) is 0 Å². The maximum Gasteiger partial charge on any atom is 0.165 e. The van der Waals surface area contributed by atoms with E-state index < -0.39 is 0 Å². The third-order valence-corrected chi connectivity index (χ3v) is 9.87. The van der Waals surface area contributed by atoms with Crippen molar-refractivity contribution in [3.8, 4) is 17.1 Å². The normalized spacial score (nSPS) is 12.4. The molecular weight excluding hydrogens is 546 g/mol. The molecule has 0 saturated carbocycles. The fourth-order valence-corrected chi connectivity index (χ4v) is 8.04. The molecule has 0 bridgehead atoms. The number of aromatic nitrogens is 3. The molecule has 3 heteroatoms. The minimum atomic E-state index is 0.850. The average molecular weight is 570 g/mol. The fraction of sp³-hybridized carbons (Fsp3) is 0. The van der Waals surface area contributed by atoms with Gasteiger partial charge >= 0.3 is 0 Å². The summed E-state index contributed by atoms with van der Waals surface area (Å²) in [6.07, 6.45) is 0. The van der Waals surface area contributed by atoms with Gasteiger partial charge in [-0.15, -0.1) is 0 Å². The number of benzene rings is 9. The first kappa shape index (κ1) is 23.4. The molecular formula is C42H23N3. The van der Waals surface area contributed by atoms with E-state index in [9.17, 15) is 0 Å².